The summed E-state index contributed by atoms with van der Waals surface area (Å²) in [6.45, 7) is 9.83. The summed E-state index contributed by atoms with van der Waals surface area (Å²) in [7, 11) is 0. The molecule has 68 valence electrons. The Hall–Kier alpha value is -0.0800. The summed E-state index contributed by atoms with van der Waals surface area (Å²) in [4.78, 5) is 0. The zero-order valence-electron chi connectivity index (χ0n) is 8.18. The quantitative estimate of drug-likeness (QED) is 0.663. The maximum Gasteiger partial charge on any atom is 0.0824 e. The molecular formula is C9H21NO. The molecule has 2 nitrogen and oxygen atoms in total. The van der Waals surface area contributed by atoms with Gasteiger partial charge < -0.3 is 10.5 Å². The minimum atomic E-state index is -0.0885. The van der Waals surface area contributed by atoms with E-state index < -0.39 is 0 Å². The highest BCUT2D eigenvalue weighted by molar-refractivity contribution is 4.83. The second-order valence-corrected chi connectivity index (χ2v) is 3.21. The maximum absolute atomic E-state index is 5.68. The Bertz CT molecular complexity index is 97.7. The third kappa shape index (κ3) is 2.46. The number of nitrogens with two attached hydrogens (primary N) is 1. The molecule has 11 heavy (non-hydrogen) atoms. The monoisotopic (exact) mass is 159 g/mol. The highest BCUT2D eigenvalue weighted by Crippen LogP contribution is 2.24. The first-order chi connectivity index (χ1) is 5.13. The van der Waals surface area contributed by atoms with Crippen LogP contribution >= 0.6 is 0 Å². The smallest absolute Gasteiger partial charge is 0.0824 e. The van der Waals surface area contributed by atoms with Crippen molar-refractivity contribution in [2.75, 3.05) is 13.2 Å². The van der Waals surface area contributed by atoms with Crippen LogP contribution in [0.5, 0.6) is 0 Å². The molecule has 0 amide bonds. The molecule has 0 aliphatic rings. The molecule has 0 heterocycles. The lowest BCUT2D eigenvalue weighted by molar-refractivity contribution is -0.0683. The van der Waals surface area contributed by atoms with Crippen LogP contribution in [0.3, 0.4) is 0 Å². The van der Waals surface area contributed by atoms with E-state index in [2.05, 4.69) is 20.8 Å². The van der Waals surface area contributed by atoms with Crippen LogP contribution in [0.25, 0.3) is 0 Å². The minimum absolute atomic E-state index is 0.0885. The lowest BCUT2D eigenvalue weighted by Crippen LogP contribution is -2.45. The second kappa shape index (κ2) is 4.73. The van der Waals surface area contributed by atoms with Gasteiger partial charge in [-0.25, -0.2) is 0 Å². The Kier molecular flexibility index (Phi) is 4.69. The van der Waals surface area contributed by atoms with Crippen molar-refractivity contribution >= 4 is 0 Å². The van der Waals surface area contributed by atoms with E-state index in [1.807, 2.05) is 6.92 Å². The third-order valence-electron chi connectivity index (χ3n) is 2.43. The minimum Gasteiger partial charge on any atom is -0.374 e. The Labute approximate surface area is 70.1 Å². The van der Waals surface area contributed by atoms with Gasteiger partial charge in [0.25, 0.3) is 0 Å². The van der Waals surface area contributed by atoms with Crippen molar-refractivity contribution in [1.29, 1.82) is 0 Å². The number of ether oxygens (including phenoxy) is 1. The Morgan fingerprint density at radius 2 is 1.91 bits per heavy atom. The highest BCUT2D eigenvalue weighted by atomic mass is 16.5. The molecule has 0 aromatic rings. The van der Waals surface area contributed by atoms with E-state index in [9.17, 15) is 0 Å². The molecule has 0 aliphatic carbocycles. The van der Waals surface area contributed by atoms with Crippen molar-refractivity contribution in [3.63, 3.8) is 0 Å². The molecular weight excluding hydrogens is 138 g/mol. The van der Waals surface area contributed by atoms with Gasteiger partial charge in [0, 0.05) is 13.2 Å². The van der Waals surface area contributed by atoms with Crippen molar-refractivity contribution in [2.45, 2.75) is 39.7 Å². The fourth-order valence-corrected chi connectivity index (χ4v) is 1.40. The van der Waals surface area contributed by atoms with E-state index >= 15 is 0 Å². The lowest BCUT2D eigenvalue weighted by atomic mass is 9.87. The van der Waals surface area contributed by atoms with Crippen LogP contribution in [0, 0.1) is 5.92 Å². The van der Waals surface area contributed by atoms with Crippen LogP contribution in [0.1, 0.15) is 34.1 Å². The Balaban J connectivity index is 4.20. The molecule has 0 fully saturated rings. The van der Waals surface area contributed by atoms with Crippen molar-refractivity contribution in [3.8, 4) is 0 Å². The summed E-state index contributed by atoms with van der Waals surface area (Å²) in [6, 6.07) is 0. The first-order valence-corrected chi connectivity index (χ1v) is 4.47. The maximum atomic E-state index is 5.68. The van der Waals surface area contributed by atoms with Crippen LogP contribution in [0.15, 0.2) is 0 Å². The van der Waals surface area contributed by atoms with E-state index in [1.165, 1.54) is 0 Å². The van der Waals surface area contributed by atoms with E-state index in [-0.39, 0.29) is 5.60 Å². The van der Waals surface area contributed by atoms with Gasteiger partial charge in [-0.05, 0) is 19.3 Å². The summed E-state index contributed by atoms with van der Waals surface area (Å²) in [5, 5.41) is 0. The fourth-order valence-electron chi connectivity index (χ4n) is 1.40. The van der Waals surface area contributed by atoms with E-state index in [0.29, 0.717) is 12.5 Å². The third-order valence-corrected chi connectivity index (χ3v) is 2.43. The number of hydrogen-bond acceptors (Lipinski definition) is 2. The van der Waals surface area contributed by atoms with Gasteiger partial charge in [-0.1, -0.05) is 20.8 Å². The summed E-state index contributed by atoms with van der Waals surface area (Å²) < 4.78 is 5.66. The van der Waals surface area contributed by atoms with Crippen molar-refractivity contribution in [3.05, 3.63) is 0 Å². The Morgan fingerprint density at radius 3 is 2.00 bits per heavy atom. The van der Waals surface area contributed by atoms with Crippen LogP contribution in [-0.4, -0.2) is 18.8 Å². The predicted octanol–water partition coefficient (Wildman–Crippen LogP) is 1.79. The molecule has 0 bridgehead atoms. The molecule has 0 saturated heterocycles. The van der Waals surface area contributed by atoms with Gasteiger partial charge in [0.2, 0.25) is 0 Å². The van der Waals surface area contributed by atoms with Crippen molar-refractivity contribution < 1.29 is 4.74 Å². The van der Waals surface area contributed by atoms with Crippen molar-refractivity contribution in [2.24, 2.45) is 11.7 Å². The normalized spacial score (nSPS) is 16.9. The van der Waals surface area contributed by atoms with Crippen LogP contribution < -0.4 is 5.73 Å². The van der Waals surface area contributed by atoms with Gasteiger partial charge in [0.05, 0.1) is 5.60 Å². The molecule has 0 aliphatic heterocycles. The summed E-state index contributed by atoms with van der Waals surface area (Å²) in [5.74, 6) is 0.498. The zero-order valence-corrected chi connectivity index (χ0v) is 8.18. The first-order valence-electron chi connectivity index (χ1n) is 4.47. The average molecular weight is 159 g/mol. The van der Waals surface area contributed by atoms with Crippen molar-refractivity contribution in [1.82, 2.24) is 0 Å². The molecule has 0 spiro atoms. The number of rotatable bonds is 5. The van der Waals surface area contributed by atoms with Gasteiger partial charge in [-0.3, -0.25) is 0 Å². The highest BCUT2D eigenvalue weighted by Gasteiger charge is 2.30. The molecule has 0 saturated carbocycles. The second-order valence-electron chi connectivity index (χ2n) is 3.21. The van der Waals surface area contributed by atoms with E-state index in [1.54, 1.807) is 0 Å². The SMILES string of the molecule is CCOC(CC)(CN)C(C)C. The molecule has 0 radical (unpaired) electrons. The molecule has 1 atom stereocenters. The van der Waals surface area contributed by atoms with Gasteiger partial charge in [0.1, 0.15) is 0 Å². The van der Waals surface area contributed by atoms with Crippen LogP contribution in [-0.2, 0) is 4.74 Å². The fraction of sp³-hybridized carbons (Fsp3) is 1.00. The average Bonchev–Trinajstić information content (AvgIpc) is 2.00. The molecule has 2 N–H and O–H groups in total. The largest absolute Gasteiger partial charge is 0.374 e. The summed E-state index contributed by atoms with van der Waals surface area (Å²) in [5.41, 5.74) is 5.59. The molecule has 0 aromatic heterocycles. The summed E-state index contributed by atoms with van der Waals surface area (Å²) in [6.07, 6.45) is 0.995. The lowest BCUT2D eigenvalue weighted by Gasteiger charge is -2.35. The topological polar surface area (TPSA) is 35.2 Å². The molecule has 0 aromatic carbocycles. The standard InChI is InChI=1S/C9H21NO/c1-5-9(7-10,8(3)4)11-6-2/h8H,5-7,10H2,1-4H3. The summed E-state index contributed by atoms with van der Waals surface area (Å²) >= 11 is 0. The van der Waals surface area contributed by atoms with Crippen LogP contribution in [0.2, 0.25) is 0 Å². The van der Waals surface area contributed by atoms with E-state index in [0.717, 1.165) is 13.0 Å². The number of hydrogen-bond donors (Lipinski definition) is 1. The molecule has 2 heteroatoms. The first kappa shape index (κ1) is 10.9. The van der Waals surface area contributed by atoms with E-state index in [4.69, 9.17) is 10.5 Å². The molecule has 1 unspecified atom stereocenters. The van der Waals surface area contributed by atoms with Gasteiger partial charge >= 0.3 is 0 Å². The van der Waals surface area contributed by atoms with Crippen LogP contribution in [0.4, 0.5) is 0 Å². The van der Waals surface area contributed by atoms with Gasteiger partial charge in [-0.15, -0.1) is 0 Å². The predicted molar refractivity (Wildman–Crippen MR) is 48.5 cm³/mol. The van der Waals surface area contributed by atoms with Gasteiger partial charge in [-0.2, -0.15) is 0 Å². The molecule has 0 rings (SSSR count). The zero-order chi connectivity index (χ0) is 8.91. The van der Waals surface area contributed by atoms with Gasteiger partial charge in [0.15, 0.2) is 0 Å². The Morgan fingerprint density at radius 1 is 1.36 bits per heavy atom.